The number of amides is 2. The van der Waals surface area contributed by atoms with Crippen LogP contribution in [0.3, 0.4) is 0 Å². The van der Waals surface area contributed by atoms with E-state index in [9.17, 15) is 49.2 Å². The average Bonchev–Trinajstić information content (AvgIpc) is 3.78. The average molecular weight is 821 g/mol. The van der Waals surface area contributed by atoms with Crippen molar-refractivity contribution in [3.05, 3.63) is 49.4 Å². The number of nitrogens with zero attached hydrogens (tertiary/aromatic N) is 6. The van der Waals surface area contributed by atoms with E-state index in [1.807, 2.05) is 0 Å². The maximum absolute atomic E-state index is 13.8. The van der Waals surface area contributed by atoms with Crippen LogP contribution < -0.4 is 21.6 Å². The van der Waals surface area contributed by atoms with Crippen LogP contribution in [0.1, 0.15) is 37.6 Å². The Morgan fingerprint density at radius 2 is 1.91 bits per heavy atom. The summed E-state index contributed by atoms with van der Waals surface area (Å²) in [5.74, 6) is -7.69. The van der Waals surface area contributed by atoms with Crippen LogP contribution >= 0.6 is 34.7 Å². The van der Waals surface area contributed by atoms with Crippen LogP contribution in [0.2, 0.25) is 5.02 Å². The second-order valence-electron chi connectivity index (χ2n) is 13.0. The molecule has 7 N–H and O–H groups in total. The lowest BCUT2D eigenvalue weighted by molar-refractivity contribution is -0.925. The summed E-state index contributed by atoms with van der Waals surface area (Å²) in [6.07, 6.45) is -1.44. The summed E-state index contributed by atoms with van der Waals surface area (Å²) in [6, 6.07) is -0.0630. The number of β-lactam (4-membered cyclic amide) rings is 1. The van der Waals surface area contributed by atoms with E-state index in [0.717, 1.165) is 29.1 Å². The smallest absolute Gasteiger partial charge is 0.348 e. The number of nitrogen functional groups attached to an aromatic ring is 1. The molecule has 0 unspecified atom stereocenters. The SMILES string of the molecule is CCn1nc(C[N+]2(CC3=C(C(=O)[O-])N4C(=O)[C@@H](NC(=O)C(=NO[C@@H](CC(=O)O)C(=O)O)c5csc(N)n5)[C@H]4SC3)CCCC2)c(=O)c2c(Cl)c(O)c(O)cc21. The molecule has 55 heavy (non-hydrogen) atoms. The number of hydrogen-bond donors (Lipinski definition) is 6. The Balaban J connectivity index is 1.26. The Morgan fingerprint density at radius 3 is 2.51 bits per heavy atom. The lowest BCUT2D eigenvalue weighted by atomic mass is 10.0. The number of likely N-dealkylation sites (tertiary alicyclic amines) is 1. The Morgan fingerprint density at radius 1 is 1.20 bits per heavy atom. The number of hydrogen-bond acceptors (Lipinski definition) is 16. The number of quaternary nitrogens is 1. The highest BCUT2D eigenvalue weighted by Crippen LogP contribution is 2.42. The van der Waals surface area contributed by atoms with Gasteiger partial charge in [0.2, 0.25) is 11.5 Å². The third kappa shape index (κ3) is 7.49. The number of carbonyl (C=O) groups excluding carboxylic acids is 3. The Bertz CT molecular complexity index is 2250. The lowest BCUT2D eigenvalue weighted by Gasteiger charge is -2.51. The maximum Gasteiger partial charge on any atom is 0.348 e. The molecule has 2 aromatic heterocycles. The molecule has 2 saturated heterocycles. The molecule has 2 fully saturated rings. The first-order valence-corrected chi connectivity index (χ1v) is 18.9. The van der Waals surface area contributed by atoms with Crippen molar-refractivity contribution < 1.29 is 58.8 Å². The van der Waals surface area contributed by atoms with Crippen molar-refractivity contribution in [2.24, 2.45) is 5.16 Å². The zero-order chi connectivity index (χ0) is 39.9. The van der Waals surface area contributed by atoms with Crippen molar-refractivity contribution in [2.75, 3.05) is 31.1 Å². The van der Waals surface area contributed by atoms with Gasteiger partial charge >= 0.3 is 11.9 Å². The molecular weight excluding hydrogens is 788 g/mol. The standard InChI is InChI=1S/C32H33ClN8O12S2/c1-2-39-16-7-17(42)26(46)21(33)20(16)25(45)14(37-39)10-41(5-3-4-6-41)9-13-11-54-29-23(28(48)40(29)24(13)31(51)52)36-27(47)22(15-12-55-32(34)35-15)38-53-18(30(49)50)8-19(43)44/h7,12,18,23,29H,2-6,8-11H2,1H3,(H7-,34,35,36,37,38,42,43,44,45,46,47,49,50,51,52)/t18-,23+,29+/m0/s1. The summed E-state index contributed by atoms with van der Waals surface area (Å²) >= 11 is 8.42. The van der Waals surface area contributed by atoms with E-state index in [4.69, 9.17) is 27.3 Å². The highest BCUT2D eigenvalue weighted by molar-refractivity contribution is 8.00. The summed E-state index contributed by atoms with van der Waals surface area (Å²) in [5, 5.41) is 62.1. The molecule has 0 spiro atoms. The molecule has 3 aromatic rings. The van der Waals surface area contributed by atoms with Crippen LogP contribution in [0.25, 0.3) is 10.9 Å². The molecule has 3 atom stereocenters. The number of halogens is 1. The number of anilines is 1. The molecule has 292 valence electrons. The number of oxime groups is 1. The van der Waals surface area contributed by atoms with E-state index in [-0.39, 0.29) is 61.5 Å². The summed E-state index contributed by atoms with van der Waals surface area (Å²) in [7, 11) is 0. The number of aryl methyl sites for hydroxylation is 1. The van der Waals surface area contributed by atoms with E-state index in [2.05, 4.69) is 20.6 Å². The fourth-order valence-corrected chi connectivity index (χ4v) is 9.08. The van der Waals surface area contributed by atoms with E-state index in [1.165, 1.54) is 27.9 Å². The maximum atomic E-state index is 13.8. The van der Waals surface area contributed by atoms with Crippen LogP contribution in [0.5, 0.6) is 11.5 Å². The lowest BCUT2D eigenvalue weighted by Crippen LogP contribution is -2.72. The second-order valence-corrected chi connectivity index (χ2v) is 15.4. The first kappa shape index (κ1) is 39.2. The van der Waals surface area contributed by atoms with Gasteiger partial charge in [-0.3, -0.25) is 28.8 Å². The predicted octanol–water partition coefficient (Wildman–Crippen LogP) is -0.617. The number of phenolic OH excluding ortho intramolecular Hbond substituents is 2. The van der Waals surface area contributed by atoms with Crippen molar-refractivity contribution in [1.29, 1.82) is 0 Å². The first-order valence-electron chi connectivity index (χ1n) is 16.6. The van der Waals surface area contributed by atoms with Crippen molar-refractivity contribution in [3.63, 3.8) is 0 Å². The zero-order valence-electron chi connectivity index (χ0n) is 28.8. The van der Waals surface area contributed by atoms with Crippen LogP contribution in [0.4, 0.5) is 5.13 Å². The number of benzene rings is 1. The van der Waals surface area contributed by atoms with Gasteiger partial charge in [0, 0.05) is 42.2 Å². The highest BCUT2D eigenvalue weighted by atomic mass is 35.5. The van der Waals surface area contributed by atoms with Gasteiger partial charge in [-0.1, -0.05) is 16.8 Å². The molecule has 0 aliphatic carbocycles. The fourth-order valence-electron chi connectivity index (χ4n) is 6.92. The van der Waals surface area contributed by atoms with E-state index < -0.39 is 76.3 Å². The summed E-state index contributed by atoms with van der Waals surface area (Å²) in [4.78, 5) is 86.0. The van der Waals surface area contributed by atoms with Crippen LogP contribution in [-0.2, 0) is 41.9 Å². The Labute approximate surface area is 323 Å². The van der Waals surface area contributed by atoms with Crippen molar-refractivity contribution >= 4 is 86.2 Å². The van der Waals surface area contributed by atoms with Gasteiger partial charge in [-0.25, -0.2) is 9.78 Å². The van der Waals surface area contributed by atoms with Crippen molar-refractivity contribution in [1.82, 2.24) is 25.0 Å². The van der Waals surface area contributed by atoms with Gasteiger partial charge in [0.15, 0.2) is 28.0 Å². The normalized spacial score (nSPS) is 19.9. The van der Waals surface area contributed by atoms with Gasteiger partial charge in [-0.05, 0) is 6.92 Å². The molecule has 0 radical (unpaired) electrons. The molecular formula is C32H33ClN8O12S2. The predicted molar refractivity (Wildman–Crippen MR) is 193 cm³/mol. The molecule has 3 aliphatic heterocycles. The van der Waals surface area contributed by atoms with Gasteiger partial charge in [0.25, 0.3) is 11.8 Å². The number of nitrogens with one attached hydrogen (secondary N) is 1. The number of carbonyl (C=O) groups is 5. The molecule has 2 amide bonds. The minimum absolute atomic E-state index is 0.00932. The number of rotatable bonds is 14. The number of thiazole rings is 1. The van der Waals surface area contributed by atoms with Crippen molar-refractivity contribution in [2.45, 2.75) is 56.8 Å². The summed E-state index contributed by atoms with van der Waals surface area (Å²) < 4.78 is 1.70. The molecule has 20 nitrogen and oxygen atoms in total. The van der Waals surface area contributed by atoms with Gasteiger partial charge in [0.1, 0.15) is 30.2 Å². The van der Waals surface area contributed by atoms with Crippen LogP contribution in [-0.4, -0.2) is 123 Å². The molecule has 0 saturated carbocycles. The molecule has 5 heterocycles. The number of aromatic hydroxyl groups is 2. The number of nitrogens with two attached hydrogens (primary N) is 1. The molecule has 0 bridgehead atoms. The topological polar surface area (TPSA) is 300 Å². The van der Waals surface area contributed by atoms with Gasteiger partial charge in [-0.15, -0.1) is 23.1 Å². The molecule has 3 aliphatic rings. The fraction of sp³-hybridized carbons (Fsp3) is 0.406. The Hall–Kier alpha value is -5.45. The number of phenols is 2. The number of carboxylic acid groups (broad SMARTS) is 3. The number of aliphatic carboxylic acids is 3. The molecule has 6 rings (SSSR count). The molecule has 23 heteroatoms. The summed E-state index contributed by atoms with van der Waals surface area (Å²) in [5.41, 5.74) is 4.72. The number of carboxylic acids is 3. The molecule has 1 aromatic carbocycles. The monoisotopic (exact) mass is 820 g/mol. The van der Waals surface area contributed by atoms with E-state index >= 15 is 0 Å². The number of thioether (sulfide) groups is 1. The largest absolute Gasteiger partial charge is 0.543 e. The van der Waals surface area contributed by atoms with E-state index in [0.29, 0.717) is 25.2 Å². The van der Waals surface area contributed by atoms with Crippen LogP contribution in [0, 0.1) is 0 Å². The van der Waals surface area contributed by atoms with Gasteiger partial charge in [0.05, 0.1) is 47.1 Å². The quantitative estimate of drug-likeness (QED) is 0.0388. The summed E-state index contributed by atoms with van der Waals surface area (Å²) in [6.45, 7) is 3.35. The third-order valence-electron chi connectivity index (χ3n) is 9.45. The van der Waals surface area contributed by atoms with E-state index in [1.54, 1.807) is 6.92 Å². The zero-order valence-corrected chi connectivity index (χ0v) is 31.1. The number of fused-ring (bicyclic) bond motifs is 2. The highest BCUT2D eigenvalue weighted by Gasteiger charge is 2.54. The third-order valence-corrected chi connectivity index (χ3v) is 11.8. The Kier molecular flexibility index (Phi) is 11.0. The minimum atomic E-state index is -1.97. The second kappa shape index (κ2) is 15.4. The van der Waals surface area contributed by atoms with Gasteiger partial charge < -0.3 is 50.7 Å². The number of aromatic nitrogens is 3. The van der Waals surface area contributed by atoms with Crippen LogP contribution in [0.15, 0.2) is 32.7 Å². The van der Waals surface area contributed by atoms with Crippen molar-refractivity contribution in [3.8, 4) is 11.5 Å². The first-order chi connectivity index (χ1) is 26.1. The minimum Gasteiger partial charge on any atom is -0.543 e. The van der Waals surface area contributed by atoms with Gasteiger partial charge in [-0.2, -0.15) is 5.10 Å².